The molecule has 128 valence electrons. The van der Waals surface area contributed by atoms with Gasteiger partial charge in [0, 0.05) is 18.5 Å². The predicted octanol–water partition coefficient (Wildman–Crippen LogP) is 3.80. The molecule has 0 aliphatic carbocycles. The number of carbonyl (C=O) groups is 2. The van der Waals surface area contributed by atoms with Crippen LogP contribution in [0.15, 0.2) is 29.6 Å². The maximum absolute atomic E-state index is 13.6. The molecule has 0 atom stereocenters. The van der Waals surface area contributed by atoms with Gasteiger partial charge in [0.05, 0.1) is 5.56 Å². The van der Waals surface area contributed by atoms with E-state index in [-0.39, 0.29) is 16.6 Å². The van der Waals surface area contributed by atoms with Crippen molar-refractivity contribution in [3.8, 4) is 0 Å². The number of benzene rings is 1. The van der Waals surface area contributed by atoms with E-state index < -0.39 is 11.7 Å². The first kappa shape index (κ1) is 18.1. The highest BCUT2D eigenvalue weighted by Gasteiger charge is 2.18. The van der Waals surface area contributed by atoms with Crippen LogP contribution >= 0.6 is 11.3 Å². The number of unbranched alkanes of at least 4 members (excludes halogenated alkanes) is 1. The van der Waals surface area contributed by atoms with Gasteiger partial charge in [0.2, 0.25) is 0 Å². The Morgan fingerprint density at radius 3 is 2.71 bits per heavy atom. The van der Waals surface area contributed by atoms with Crippen LogP contribution in [-0.4, -0.2) is 34.8 Å². The van der Waals surface area contributed by atoms with Crippen molar-refractivity contribution >= 4 is 28.3 Å². The van der Waals surface area contributed by atoms with Crippen LogP contribution in [0.3, 0.4) is 0 Å². The average molecular weight is 349 g/mol. The molecule has 1 aromatic heterocycles. The molecule has 7 heteroatoms. The van der Waals surface area contributed by atoms with Gasteiger partial charge >= 0.3 is 0 Å². The van der Waals surface area contributed by atoms with Crippen molar-refractivity contribution in [3.63, 3.8) is 0 Å². The molecule has 0 aliphatic rings. The Morgan fingerprint density at radius 1 is 1.29 bits per heavy atom. The van der Waals surface area contributed by atoms with Gasteiger partial charge in [0.1, 0.15) is 11.5 Å². The molecule has 0 saturated heterocycles. The lowest BCUT2D eigenvalue weighted by atomic mass is 10.2. The van der Waals surface area contributed by atoms with Gasteiger partial charge in [-0.05, 0) is 25.5 Å². The van der Waals surface area contributed by atoms with E-state index in [2.05, 4.69) is 17.2 Å². The van der Waals surface area contributed by atoms with Crippen molar-refractivity contribution < 1.29 is 14.0 Å². The number of carbonyl (C=O) groups excluding carboxylic acids is 2. The first-order chi connectivity index (χ1) is 11.6. The molecule has 5 nitrogen and oxygen atoms in total. The molecule has 1 aromatic carbocycles. The van der Waals surface area contributed by atoms with Crippen LogP contribution < -0.4 is 5.32 Å². The largest absolute Gasteiger partial charge is 0.338 e. The number of anilines is 1. The quantitative estimate of drug-likeness (QED) is 0.827. The number of nitrogens with zero attached hydrogens (tertiary/aromatic N) is 2. The summed E-state index contributed by atoms with van der Waals surface area (Å²) in [6.45, 7) is 5.27. The standard InChI is InChI=1S/C17H20FN3O2S/c1-3-5-10-21(4-2)16(23)14-11-24-17(19-14)20-15(22)12-8-6-7-9-13(12)18/h6-9,11H,3-5,10H2,1-2H3,(H,19,20,22). The number of halogens is 1. The molecular weight excluding hydrogens is 329 g/mol. The van der Waals surface area contributed by atoms with Crippen LogP contribution in [0, 0.1) is 5.82 Å². The fraction of sp³-hybridized carbons (Fsp3) is 0.353. The SMILES string of the molecule is CCCCN(CC)C(=O)c1csc(NC(=O)c2ccccc2F)n1. The van der Waals surface area contributed by atoms with Gasteiger partial charge in [-0.25, -0.2) is 9.37 Å². The van der Waals surface area contributed by atoms with Crippen LogP contribution in [0.1, 0.15) is 47.5 Å². The number of aromatic nitrogens is 1. The minimum Gasteiger partial charge on any atom is -0.338 e. The Balaban J connectivity index is 2.06. The zero-order chi connectivity index (χ0) is 17.5. The first-order valence-corrected chi connectivity index (χ1v) is 8.75. The third-order valence-corrected chi connectivity index (χ3v) is 4.27. The summed E-state index contributed by atoms with van der Waals surface area (Å²) in [6, 6.07) is 5.72. The van der Waals surface area contributed by atoms with Gasteiger partial charge < -0.3 is 4.90 Å². The minimum absolute atomic E-state index is 0.0568. The van der Waals surface area contributed by atoms with Crippen molar-refractivity contribution in [1.82, 2.24) is 9.88 Å². The smallest absolute Gasteiger partial charge is 0.273 e. The lowest BCUT2D eigenvalue weighted by molar-refractivity contribution is 0.0757. The van der Waals surface area contributed by atoms with Crippen LogP contribution in [0.5, 0.6) is 0 Å². The fourth-order valence-electron chi connectivity index (χ4n) is 2.15. The second-order valence-electron chi connectivity index (χ2n) is 5.21. The lowest BCUT2D eigenvalue weighted by Gasteiger charge is -2.19. The average Bonchev–Trinajstić information content (AvgIpc) is 3.04. The highest BCUT2D eigenvalue weighted by molar-refractivity contribution is 7.14. The number of thiazole rings is 1. The van der Waals surface area contributed by atoms with Crippen molar-refractivity contribution in [2.75, 3.05) is 18.4 Å². The summed E-state index contributed by atoms with van der Waals surface area (Å²) in [4.78, 5) is 30.3. The number of hydrogen-bond acceptors (Lipinski definition) is 4. The molecule has 1 N–H and O–H groups in total. The number of rotatable bonds is 7. The first-order valence-electron chi connectivity index (χ1n) is 7.87. The van der Waals surface area contributed by atoms with Crippen LogP contribution in [-0.2, 0) is 0 Å². The summed E-state index contributed by atoms with van der Waals surface area (Å²) in [5, 5.41) is 4.41. The van der Waals surface area contributed by atoms with E-state index >= 15 is 0 Å². The summed E-state index contributed by atoms with van der Waals surface area (Å²) in [5.41, 5.74) is 0.237. The highest BCUT2D eigenvalue weighted by atomic mass is 32.1. The van der Waals surface area contributed by atoms with Gasteiger partial charge in [-0.1, -0.05) is 25.5 Å². The summed E-state index contributed by atoms with van der Waals surface area (Å²) < 4.78 is 13.6. The maximum Gasteiger partial charge on any atom is 0.273 e. The van der Waals surface area contributed by atoms with Gasteiger partial charge in [-0.3, -0.25) is 14.9 Å². The highest BCUT2D eigenvalue weighted by Crippen LogP contribution is 2.19. The zero-order valence-electron chi connectivity index (χ0n) is 13.7. The molecule has 0 fully saturated rings. The van der Waals surface area contributed by atoms with Gasteiger partial charge in [-0.15, -0.1) is 11.3 Å². The van der Waals surface area contributed by atoms with Crippen molar-refractivity contribution in [3.05, 3.63) is 46.7 Å². The zero-order valence-corrected chi connectivity index (χ0v) is 14.5. The second kappa shape index (κ2) is 8.54. The van der Waals surface area contributed by atoms with E-state index in [1.807, 2.05) is 6.92 Å². The molecule has 2 amide bonds. The maximum atomic E-state index is 13.6. The molecule has 0 spiro atoms. The van der Waals surface area contributed by atoms with Gasteiger partial charge in [0.25, 0.3) is 11.8 Å². The van der Waals surface area contributed by atoms with E-state index in [9.17, 15) is 14.0 Å². The molecule has 0 aliphatic heterocycles. The predicted molar refractivity (Wildman–Crippen MR) is 93.0 cm³/mol. The molecule has 0 radical (unpaired) electrons. The molecule has 0 unspecified atom stereocenters. The monoisotopic (exact) mass is 349 g/mol. The Labute approximate surface area is 144 Å². The molecule has 2 aromatic rings. The van der Waals surface area contributed by atoms with Crippen molar-refractivity contribution in [2.24, 2.45) is 0 Å². The number of amides is 2. The van der Waals surface area contributed by atoms with Gasteiger partial charge in [0.15, 0.2) is 5.13 Å². The Morgan fingerprint density at radius 2 is 2.04 bits per heavy atom. The molecule has 0 bridgehead atoms. The Hall–Kier alpha value is -2.28. The Kier molecular flexibility index (Phi) is 6.43. The molecule has 1 heterocycles. The van der Waals surface area contributed by atoms with Crippen LogP contribution in [0.2, 0.25) is 0 Å². The van der Waals surface area contributed by atoms with E-state index in [0.29, 0.717) is 18.8 Å². The number of hydrogen-bond donors (Lipinski definition) is 1. The summed E-state index contributed by atoms with van der Waals surface area (Å²) in [7, 11) is 0. The third-order valence-electron chi connectivity index (χ3n) is 3.51. The third kappa shape index (κ3) is 4.38. The summed E-state index contributed by atoms with van der Waals surface area (Å²) in [6.07, 6.45) is 1.94. The molecule has 0 saturated carbocycles. The normalized spacial score (nSPS) is 10.5. The van der Waals surface area contributed by atoms with E-state index in [0.717, 1.165) is 24.2 Å². The second-order valence-corrected chi connectivity index (χ2v) is 6.07. The van der Waals surface area contributed by atoms with Crippen molar-refractivity contribution in [2.45, 2.75) is 26.7 Å². The molecular formula is C17H20FN3O2S. The molecule has 24 heavy (non-hydrogen) atoms. The van der Waals surface area contributed by atoms with Gasteiger partial charge in [-0.2, -0.15) is 0 Å². The summed E-state index contributed by atoms with van der Waals surface area (Å²) >= 11 is 1.15. The lowest BCUT2D eigenvalue weighted by Crippen LogP contribution is -2.32. The number of nitrogens with one attached hydrogen (secondary N) is 1. The topological polar surface area (TPSA) is 62.3 Å². The summed E-state index contributed by atoms with van der Waals surface area (Å²) in [5.74, 6) is -1.34. The van der Waals surface area contributed by atoms with Crippen LogP contribution in [0.25, 0.3) is 0 Å². The Bertz CT molecular complexity index is 717. The van der Waals surface area contributed by atoms with E-state index in [1.165, 1.54) is 18.2 Å². The van der Waals surface area contributed by atoms with Crippen molar-refractivity contribution in [1.29, 1.82) is 0 Å². The minimum atomic E-state index is -0.598. The van der Waals surface area contributed by atoms with Crippen LogP contribution in [0.4, 0.5) is 9.52 Å². The van der Waals surface area contributed by atoms with E-state index in [4.69, 9.17) is 0 Å². The fourth-order valence-corrected chi connectivity index (χ4v) is 2.83. The molecule has 2 rings (SSSR count). The van der Waals surface area contributed by atoms with E-state index in [1.54, 1.807) is 16.3 Å².